The number of nitrogens with one attached hydrogen (secondary N) is 1. The summed E-state index contributed by atoms with van der Waals surface area (Å²) < 4.78 is 0. The summed E-state index contributed by atoms with van der Waals surface area (Å²) >= 11 is 0. The first-order chi connectivity index (χ1) is 6.86. The third-order valence-corrected chi connectivity index (χ3v) is 2.21. The number of aromatic nitrogens is 3. The Bertz CT molecular complexity index is 392. The molecule has 1 aromatic carbocycles. The van der Waals surface area contributed by atoms with Crippen molar-refractivity contribution in [3.63, 3.8) is 0 Å². The SMILES string of the molecule is [CH2]c1nn[nH]c1CCc1ccccc1. The molecule has 2 rings (SSSR count). The highest BCUT2D eigenvalue weighted by atomic mass is 15.3. The van der Waals surface area contributed by atoms with Gasteiger partial charge in [-0.3, -0.25) is 5.10 Å². The molecule has 1 radical (unpaired) electrons. The van der Waals surface area contributed by atoms with Crippen molar-refractivity contribution in [3.8, 4) is 0 Å². The fourth-order valence-electron chi connectivity index (χ4n) is 1.38. The molecule has 0 aliphatic heterocycles. The summed E-state index contributed by atoms with van der Waals surface area (Å²) in [5.41, 5.74) is 3.09. The molecule has 0 aliphatic rings. The molecule has 14 heavy (non-hydrogen) atoms. The van der Waals surface area contributed by atoms with Gasteiger partial charge in [0.2, 0.25) is 0 Å². The first kappa shape index (κ1) is 8.94. The molecule has 0 unspecified atom stereocenters. The summed E-state index contributed by atoms with van der Waals surface area (Å²) in [5.74, 6) is 0. The van der Waals surface area contributed by atoms with E-state index < -0.39 is 0 Å². The van der Waals surface area contributed by atoms with Gasteiger partial charge in [-0.15, -0.1) is 5.10 Å². The molecule has 1 aromatic heterocycles. The van der Waals surface area contributed by atoms with Crippen LogP contribution in [0, 0.1) is 6.92 Å². The second-order valence-electron chi connectivity index (χ2n) is 3.22. The van der Waals surface area contributed by atoms with Gasteiger partial charge in [0.15, 0.2) is 0 Å². The lowest BCUT2D eigenvalue weighted by molar-refractivity contribution is 0.871. The Hall–Kier alpha value is -1.64. The standard InChI is InChI=1S/C11H12N3/c1-9-11(13-14-12-9)8-7-10-5-3-2-4-6-10/h2-6H,1,7-8H2,(H,12,13,14). The Morgan fingerprint density at radius 2 is 1.93 bits per heavy atom. The van der Waals surface area contributed by atoms with E-state index >= 15 is 0 Å². The summed E-state index contributed by atoms with van der Waals surface area (Å²) in [6.45, 7) is 3.79. The number of hydrogen-bond donors (Lipinski definition) is 1. The van der Waals surface area contributed by atoms with Crippen molar-refractivity contribution in [1.82, 2.24) is 15.4 Å². The van der Waals surface area contributed by atoms with Crippen LogP contribution in [0.1, 0.15) is 17.0 Å². The van der Waals surface area contributed by atoms with Gasteiger partial charge in [-0.1, -0.05) is 35.5 Å². The van der Waals surface area contributed by atoms with E-state index in [-0.39, 0.29) is 0 Å². The van der Waals surface area contributed by atoms with Crippen molar-refractivity contribution >= 4 is 0 Å². The first-order valence-electron chi connectivity index (χ1n) is 4.62. The van der Waals surface area contributed by atoms with E-state index in [0.717, 1.165) is 24.2 Å². The molecule has 1 N–H and O–H groups in total. The van der Waals surface area contributed by atoms with E-state index in [9.17, 15) is 0 Å². The largest absolute Gasteiger partial charge is 0.262 e. The molecular formula is C11H12N3. The number of aromatic amines is 1. The maximum Gasteiger partial charge on any atom is 0.0860 e. The van der Waals surface area contributed by atoms with Crippen LogP contribution in [0.4, 0.5) is 0 Å². The zero-order valence-corrected chi connectivity index (χ0v) is 7.90. The average Bonchev–Trinajstić information content (AvgIpc) is 2.63. The van der Waals surface area contributed by atoms with Crippen LogP contribution in [0.15, 0.2) is 30.3 Å². The summed E-state index contributed by atoms with van der Waals surface area (Å²) in [6, 6.07) is 10.4. The Morgan fingerprint density at radius 1 is 1.14 bits per heavy atom. The maximum atomic E-state index is 3.81. The molecule has 0 aliphatic carbocycles. The smallest absolute Gasteiger partial charge is 0.0860 e. The lowest BCUT2D eigenvalue weighted by atomic mass is 10.1. The van der Waals surface area contributed by atoms with Crippen molar-refractivity contribution in [2.24, 2.45) is 0 Å². The van der Waals surface area contributed by atoms with Gasteiger partial charge < -0.3 is 0 Å². The van der Waals surface area contributed by atoms with Gasteiger partial charge in [-0.05, 0) is 25.3 Å². The quantitative estimate of drug-likeness (QED) is 0.793. The maximum absolute atomic E-state index is 3.81. The zero-order valence-electron chi connectivity index (χ0n) is 7.90. The molecule has 3 nitrogen and oxygen atoms in total. The van der Waals surface area contributed by atoms with E-state index in [1.54, 1.807) is 0 Å². The number of H-pyrrole nitrogens is 1. The van der Waals surface area contributed by atoms with Crippen LogP contribution < -0.4 is 0 Å². The number of nitrogens with zero attached hydrogens (tertiary/aromatic N) is 2. The van der Waals surface area contributed by atoms with Gasteiger partial charge in [0.1, 0.15) is 0 Å². The number of aryl methyl sites for hydroxylation is 2. The topological polar surface area (TPSA) is 41.6 Å². The minimum Gasteiger partial charge on any atom is -0.262 e. The molecule has 3 heteroatoms. The van der Waals surface area contributed by atoms with Crippen LogP contribution in [-0.2, 0) is 12.8 Å². The molecule has 0 spiro atoms. The van der Waals surface area contributed by atoms with E-state index in [2.05, 4.69) is 34.5 Å². The highest BCUT2D eigenvalue weighted by Gasteiger charge is 2.01. The Balaban J connectivity index is 1.99. The van der Waals surface area contributed by atoms with Crippen LogP contribution in [0.25, 0.3) is 0 Å². The van der Waals surface area contributed by atoms with Gasteiger partial charge >= 0.3 is 0 Å². The second kappa shape index (κ2) is 4.05. The van der Waals surface area contributed by atoms with E-state index in [1.807, 2.05) is 18.2 Å². The monoisotopic (exact) mass is 186 g/mol. The van der Waals surface area contributed by atoms with Gasteiger partial charge in [0, 0.05) is 0 Å². The second-order valence-corrected chi connectivity index (χ2v) is 3.22. The first-order valence-corrected chi connectivity index (χ1v) is 4.62. The number of benzene rings is 1. The Morgan fingerprint density at radius 3 is 2.57 bits per heavy atom. The van der Waals surface area contributed by atoms with Crippen LogP contribution in [-0.4, -0.2) is 15.4 Å². The molecule has 0 saturated carbocycles. The summed E-state index contributed by atoms with van der Waals surface area (Å²) in [4.78, 5) is 0. The molecule has 0 bridgehead atoms. The molecule has 0 amide bonds. The van der Waals surface area contributed by atoms with Crippen molar-refractivity contribution < 1.29 is 0 Å². The van der Waals surface area contributed by atoms with E-state index in [0.29, 0.717) is 0 Å². The Labute approximate surface area is 83.2 Å². The van der Waals surface area contributed by atoms with Crippen molar-refractivity contribution in [3.05, 3.63) is 54.2 Å². The fourth-order valence-corrected chi connectivity index (χ4v) is 1.38. The summed E-state index contributed by atoms with van der Waals surface area (Å²) in [5, 5.41) is 10.4. The molecule has 1 heterocycles. The Kier molecular flexibility index (Phi) is 2.58. The normalized spacial score (nSPS) is 10.4. The van der Waals surface area contributed by atoms with Crippen LogP contribution in [0.2, 0.25) is 0 Å². The van der Waals surface area contributed by atoms with Crippen molar-refractivity contribution in [1.29, 1.82) is 0 Å². The summed E-state index contributed by atoms with van der Waals surface area (Å²) in [6.07, 6.45) is 1.91. The third-order valence-electron chi connectivity index (χ3n) is 2.21. The fraction of sp³-hybridized carbons (Fsp3) is 0.182. The minimum absolute atomic E-state index is 0.751. The molecular weight excluding hydrogens is 174 g/mol. The number of rotatable bonds is 3. The van der Waals surface area contributed by atoms with E-state index in [4.69, 9.17) is 0 Å². The van der Waals surface area contributed by atoms with Crippen LogP contribution in [0.3, 0.4) is 0 Å². The van der Waals surface area contributed by atoms with Gasteiger partial charge in [0.25, 0.3) is 0 Å². The molecule has 0 saturated heterocycles. The van der Waals surface area contributed by atoms with Crippen molar-refractivity contribution in [2.75, 3.05) is 0 Å². The highest BCUT2D eigenvalue weighted by molar-refractivity contribution is 5.18. The van der Waals surface area contributed by atoms with Crippen LogP contribution in [0.5, 0.6) is 0 Å². The average molecular weight is 186 g/mol. The summed E-state index contributed by atoms with van der Waals surface area (Å²) in [7, 11) is 0. The van der Waals surface area contributed by atoms with E-state index in [1.165, 1.54) is 5.56 Å². The van der Waals surface area contributed by atoms with Gasteiger partial charge in [0.05, 0.1) is 11.4 Å². The minimum atomic E-state index is 0.751. The molecule has 0 fully saturated rings. The van der Waals surface area contributed by atoms with Crippen LogP contribution >= 0.6 is 0 Å². The molecule has 0 atom stereocenters. The third kappa shape index (κ3) is 1.99. The molecule has 2 aromatic rings. The number of hydrogen-bond acceptors (Lipinski definition) is 2. The van der Waals surface area contributed by atoms with Gasteiger partial charge in [-0.25, -0.2) is 0 Å². The molecule has 71 valence electrons. The van der Waals surface area contributed by atoms with Crippen molar-refractivity contribution in [2.45, 2.75) is 12.8 Å². The predicted molar refractivity (Wildman–Crippen MR) is 54.7 cm³/mol. The lowest BCUT2D eigenvalue weighted by Gasteiger charge is -1.99. The highest BCUT2D eigenvalue weighted by Crippen LogP contribution is 2.06. The van der Waals surface area contributed by atoms with Gasteiger partial charge in [-0.2, -0.15) is 0 Å². The predicted octanol–water partition coefficient (Wildman–Crippen LogP) is 1.77. The lowest BCUT2D eigenvalue weighted by Crippen LogP contribution is -1.93. The zero-order chi connectivity index (χ0) is 9.80.